The summed E-state index contributed by atoms with van der Waals surface area (Å²) in [5.74, 6) is -6.33. The first-order chi connectivity index (χ1) is 14.6. The van der Waals surface area contributed by atoms with E-state index in [4.69, 9.17) is 4.74 Å². The highest BCUT2D eigenvalue weighted by atomic mass is 16.5. The third kappa shape index (κ3) is 2.60. The second kappa shape index (κ2) is 6.79. The van der Waals surface area contributed by atoms with Gasteiger partial charge in [-0.1, -0.05) is 19.1 Å². The molecule has 2 aromatic rings. The fourth-order valence-electron chi connectivity index (χ4n) is 4.69. The molecule has 0 fully saturated rings. The van der Waals surface area contributed by atoms with Crippen molar-refractivity contribution in [2.24, 2.45) is 0 Å². The zero-order chi connectivity index (χ0) is 22.8. The number of fused-ring (bicyclic) bond motifs is 3. The predicted octanol–water partition coefficient (Wildman–Crippen LogP) is 1.41. The first-order valence-electron chi connectivity index (χ1n) is 9.60. The Balaban J connectivity index is 2.11. The number of phenols is 3. The summed E-state index contributed by atoms with van der Waals surface area (Å²) in [7, 11) is 1.08. The van der Waals surface area contributed by atoms with E-state index in [1.807, 2.05) is 0 Å². The van der Waals surface area contributed by atoms with Crippen LogP contribution in [0.25, 0.3) is 0 Å². The second-order valence-corrected chi connectivity index (χ2v) is 7.77. The lowest BCUT2D eigenvalue weighted by Crippen LogP contribution is -2.46. The van der Waals surface area contributed by atoms with E-state index >= 15 is 0 Å². The smallest absolute Gasteiger partial charge is 0.316 e. The first-order valence-corrected chi connectivity index (χ1v) is 9.60. The molecule has 0 saturated heterocycles. The van der Waals surface area contributed by atoms with Crippen molar-refractivity contribution < 1.29 is 44.7 Å². The van der Waals surface area contributed by atoms with Crippen molar-refractivity contribution in [3.63, 3.8) is 0 Å². The second-order valence-electron chi connectivity index (χ2n) is 7.77. The molecule has 162 valence electrons. The van der Waals surface area contributed by atoms with Crippen LogP contribution in [0.4, 0.5) is 0 Å². The number of hydrogen-bond donors (Lipinski definition) is 5. The minimum atomic E-state index is -1.84. The van der Waals surface area contributed by atoms with E-state index in [0.717, 1.165) is 7.11 Å². The third-order valence-corrected chi connectivity index (χ3v) is 6.25. The number of benzene rings is 2. The van der Waals surface area contributed by atoms with E-state index in [-0.39, 0.29) is 35.1 Å². The standard InChI is InChI=1S/C22H20O9/c1-3-22(30)7-10(24)12-13(16(22)21(29)31-2)20(28)14-15(19(12)27)18(26)11-8(17(14)25)5-4-6-9(11)23/h4-6,10,16,23-24,27-28,30H,3,7H2,1-2H3/t10-,16-,22-/m0/s1. The van der Waals surface area contributed by atoms with Crippen LogP contribution >= 0.6 is 0 Å². The lowest BCUT2D eigenvalue weighted by Gasteiger charge is -2.42. The van der Waals surface area contributed by atoms with Gasteiger partial charge in [-0.05, 0) is 12.5 Å². The van der Waals surface area contributed by atoms with Gasteiger partial charge >= 0.3 is 5.97 Å². The molecule has 31 heavy (non-hydrogen) atoms. The number of aromatic hydroxyl groups is 3. The zero-order valence-corrected chi connectivity index (χ0v) is 16.7. The van der Waals surface area contributed by atoms with Crippen LogP contribution in [0.15, 0.2) is 18.2 Å². The molecule has 0 aliphatic heterocycles. The summed E-state index contributed by atoms with van der Waals surface area (Å²) in [6.07, 6.45) is -1.94. The quantitative estimate of drug-likeness (QED) is 0.300. The molecule has 9 heteroatoms. The largest absolute Gasteiger partial charge is 0.507 e. The van der Waals surface area contributed by atoms with Gasteiger partial charge in [0.1, 0.15) is 23.2 Å². The Labute approximate surface area is 176 Å². The van der Waals surface area contributed by atoms with Crippen LogP contribution in [0.3, 0.4) is 0 Å². The summed E-state index contributed by atoms with van der Waals surface area (Å²) in [6, 6.07) is 3.83. The number of aliphatic hydroxyl groups excluding tert-OH is 1. The normalized spacial score (nSPS) is 24.3. The predicted molar refractivity (Wildman–Crippen MR) is 104 cm³/mol. The highest BCUT2D eigenvalue weighted by Gasteiger charge is 2.53. The molecule has 0 spiro atoms. The summed E-state index contributed by atoms with van der Waals surface area (Å²) in [5.41, 5.74) is -4.23. The highest BCUT2D eigenvalue weighted by molar-refractivity contribution is 6.31. The molecule has 0 radical (unpaired) electrons. The summed E-state index contributed by atoms with van der Waals surface area (Å²) in [6.45, 7) is 1.57. The molecular formula is C22H20O9. The molecule has 2 aliphatic rings. The number of ketones is 2. The Morgan fingerprint density at radius 1 is 1.06 bits per heavy atom. The van der Waals surface area contributed by atoms with Gasteiger partial charge in [-0.15, -0.1) is 0 Å². The molecule has 4 rings (SSSR count). The van der Waals surface area contributed by atoms with Crippen molar-refractivity contribution in [1.82, 2.24) is 0 Å². The van der Waals surface area contributed by atoms with Gasteiger partial charge in [-0.2, -0.15) is 0 Å². The Bertz CT molecular complexity index is 1170. The SMILES string of the molecule is CC[C@]1(O)C[C@H](O)c2c(O)c3c(c(O)c2[C@H]1C(=O)OC)C(=O)c1cccc(O)c1C3=O. The van der Waals surface area contributed by atoms with E-state index in [0.29, 0.717) is 0 Å². The van der Waals surface area contributed by atoms with Crippen molar-refractivity contribution in [3.8, 4) is 17.2 Å². The average Bonchev–Trinajstić information content (AvgIpc) is 2.73. The Hall–Kier alpha value is -3.43. The molecule has 0 heterocycles. The van der Waals surface area contributed by atoms with E-state index in [2.05, 4.69) is 0 Å². The maximum atomic E-state index is 13.1. The summed E-state index contributed by atoms with van der Waals surface area (Å²) in [5, 5.41) is 53.8. The molecule has 0 unspecified atom stereocenters. The number of ether oxygens (including phenoxy) is 1. The van der Waals surface area contributed by atoms with E-state index in [9.17, 15) is 39.9 Å². The molecule has 9 nitrogen and oxygen atoms in total. The fraction of sp³-hybridized carbons (Fsp3) is 0.318. The monoisotopic (exact) mass is 428 g/mol. The number of carbonyl (C=O) groups is 3. The molecule has 5 N–H and O–H groups in total. The molecule has 2 aromatic carbocycles. The van der Waals surface area contributed by atoms with Crippen molar-refractivity contribution in [2.75, 3.05) is 7.11 Å². The van der Waals surface area contributed by atoms with Gasteiger partial charge in [0.25, 0.3) is 0 Å². The van der Waals surface area contributed by atoms with Crippen LogP contribution in [-0.4, -0.2) is 55.8 Å². The molecule has 0 aromatic heterocycles. The number of carbonyl (C=O) groups excluding carboxylic acids is 3. The van der Waals surface area contributed by atoms with Crippen LogP contribution in [-0.2, 0) is 9.53 Å². The van der Waals surface area contributed by atoms with Gasteiger partial charge in [0.15, 0.2) is 5.78 Å². The van der Waals surface area contributed by atoms with Gasteiger partial charge in [0.05, 0.1) is 35.5 Å². The maximum Gasteiger partial charge on any atom is 0.316 e. The maximum absolute atomic E-state index is 13.1. The summed E-state index contributed by atoms with van der Waals surface area (Å²) < 4.78 is 4.78. The zero-order valence-electron chi connectivity index (χ0n) is 16.7. The Kier molecular flexibility index (Phi) is 4.56. The van der Waals surface area contributed by atoms with E-state index < -0.39 is 63.5 Å². The number of hydrogen-bond acceptors (Lipinski definition) is 9. The number of methoxy groups -OCH3 is 1. The molecular weight excluding hydrogens is 408 g/mol. The molecule has 0 saturated carbocycles. The molecule has 3 atom stereocenters. The van der Waals surface area contributed by atoms with Gasteiger partial charge in [-0.3, -0.25) is 14.4 Å². The number of esters is 1. The number of aliphatic hydroxyl groups is 2. The summed E-state index contributed by atoms with van der Waals surface area (Å²) in [4.78, 5) is 38.8. The minimum Gasteiger partial charge on any atom is -0.507 e. The van der Waals surface area contributed by atoms with Crippen molar-refractivity contribution in [3.05, 3.63) is 51.6 Å². The van der Waals surface area contributed by atoms with Crippen molar-refractivity contribution >= 4 is 17.5 Å². The average molecular weight is 428 g/mol. The highest BCUT2D eigenvalue weighted by Crippen LogP contribution is 2.56. The van der Waals surface area contributed by atoms with E-state index in [1.165, 1.54) is 18.2 Å². The summed E-state index contributed by atoms with van der Waals surface area (Å²) >= 11 is 0. The molecule has 0 bridgehead atoms. The molecule has 0 amide bonds. The number of rotatable bonds is 2. The van der Waals surface area contributed by atoms with Gasteiger partial charge in [0, 0.05) is 23.1 Å². The lowest BCUT2D eigenvalue weighted by atomic mass is 9.66. The first kappa shape index (κ1) is 20.8. The number of phenolic OH excluding ortho intramolecular Hbond substituents is 3. The van der Waals surface area contributed by atoms with Gasteiger partial charge < -0.3 is 30.3 Å². The van der Waals surface area contributed by atoms with Crippen LogP contribution in [0, 0.1) is 0 Å². The molecule has 2 aliphatic carbocycles. The van der Waals surface area contributed by atoms with Crippen LogP contribution < -0.4 is 0 Å². The fourth-order valence-corrected chi connectivity index (χ4v) is 4.69. The minimum absolute atomic E-state index is 0.00979. The topological polar surface area (TPSA) is 162 Å². The Morgan fingerprint density at radius 3 is 2.29 bits per heavy atom. The van der Waals surface area contributed by atoms with Crippen LogP contribution in [0.5, 0.6) is 17.2 Å². The van der Waals surface area contributed by atoms with Gasteiger partial charge in [-0.25, -0.2) is 0 Å². The Morgan fingerprint density at radius 2 is 1.68 bits per heavy atom. The van der Waals surface area contributed by atoms with Crippen LogP contribution in [0.1, 0.15) is 74.8 Å². The van der Waals surface area contributed by atoms with E-state index in [1.54, 1.807) is 6.92 Å². The van der Waals surface area contributed by atoms with Crippen molar-refractivity contribution in [2.45, 2.75) is 37.4 Å². The van der Waals surface area contributed by atoms with Crippen molar-refractivity contribution in [1.29, 1.82) is 0 Å². The third-order valence-electron chi connectivity index (χ3n) is 6.25. The van der Waals surface area contributed by atoms with Crippen LogP contribution in [0.2, 0.25) is 0 Å². The van der Waals surface area contributed by atoms with Gasteiger partial charge in [0.2, 0.25) is 5.78 Å². The lowest BCUT2D eigenvalue weighted by molar-refractivity contribution is -0.153.